The van der Waals surface area contributed by atoms with E-state index in [-0.39, 0.29) is 4.08 Å². The highest BCUT2D eigenvalue weighted by molar-refractivity contribution is 8.17. The third-order valence-electron chi connectivity index (χ3n) is 2.71. The van der Waals surface area contributed by atoms with Crippen molar-refractivity contribution in [1.82, 2.24) is 0 Å². The van der Waals surface area contributed by atoms with Crippen molar-refractivity contribution in [3.8, 4) is 0 Å². The van der Waals surface area contributed by atoms with Crippen molar-refractivity contribution in [3.05, 3.63) is 35.4 Å². The van der Waals surface area contributed by atoms with E-state index in [9.17, 15) is 0 Å². The van der Waals surface area contributed by atoms with Crippen molar-refractivity contribution in [2.75, 3.05) is 11.5 Å². The van der Waals surface area contributed by atoms with Gasteiger partial charge in [0.05, 0.1) is 4.08 Å². The lowest BCUT2D eigenvalue weighted by Gasteiger charge is -2.31. The number of hydrogen-bond donors (Lipinski definition) is 0. The van der Waals surface area contributed by atoms with Gasteiger partial charge in [-0.25, -0.2) is 0 Å². The van der Waals surface area contributed by atoms with E-state index in [2.05, 4.69) is 75.5 Å². The highest BCUT2D eigenvalue weighted by atomic mass is 32.2. The summed E-state index contributed by atoms with van der Waals surface area (Å²) in [6.07, 6.45) is 1.19. The van der Waals surface area contributed by atoms with Gasteiger partial charge in [-0.3, -0.25) is 0 Å². The number of aryl methyl sites for hydroxylation is 1. The lowest BCUT2D eigenvalue weighted by molar-refractivity contribution is 0.830. The fraction of sp³-hybridized carbons (Fsp3) is 0.571. The predicted octanol–water partition coefficient (Wildman–Crippen LogP) is 5.06. The summed E-state index contributed by atoms with van der Waals surface area (Å²) in [5, 5.41) is 0. The molecule has 0 saturated carbocycles. The Morgan fingerprint density at radius 1 is 0.938 bits per heavy atom. The van der Waals surface area contributed by atoms with Crippen LogP contribution in [0.3, 0.4) is 0 Å². The maximum absolute atomic E-state index is 2.30. The van der Waals surface area contributed by atoms with Crippen LogP contribution in [0.25, 0.3) is 0 Å². The summed E-state index contributed by atoms with van der Waals surface area (Å²) in [5.41, 5.74) is 2.82. The van der Waals surface area contributed by atoms with Crippen molar-refractivity contribution < 1.29 is 0 Å². The van der Waals surface area contributed by atoms with Crippen LogP contribution in [0.15, 0.2) is 24.3 Å². The SMILES string of the molecule is CCSC(CC)(SCC)c1ccc(C)cc1. The normalized spacial score (nSPS) is 11.8. The molecule has 16 heavy (non-hydrogen) atoms. The van der Waals surface area contributed by atoms with Gasteiger partial charge in [-0.15, -0.1) is 23.5 Å². The lowest BCUT2D eigenvalue weighted by atomic mass is 10.1. The largest absolute Gasteiger partial charge is 0.140 e. The second-order valence-corrected chi connectivity index (χ2v) is 7.22. The van der Waals surface area contributed by atoms with Gasteiger partial charge in [0.2, 0.25) is 0 Å². The van der Waals surface area contributed by atoms with E-state index in [1.54, 1.807) is 0 Å². The standard InChI is InChI=1S/C14H22S2/c1-5-14(15-6-2,16-7-3)13-10-8-12(4)9-11-13/h8-11H,5-7H2,1-4H3. The van der Waals surface area contributed by atoms with Crippen LogP contribution in [0.4, 0.5) is 0 Å². The molecule has 1 aromatic carbocycles. The molecule has 1 aromatic rings. The third-order valence-corrected chi connectivity index (χ3v) is 5.98. The maximum atomic E-state index is 2.30. The summed E-state index contributed by atoms with van der Waals surface area (Å²) in [7, 11) is 0. The average molecular weight is 254 g/mol. The van der Waals surface area contributed by atoms with Gasteiger partial charge in [-0.2, -0.15) is 0 Å². The second kappa shape index (κ2) is 6.61. The molecule has 0 N–H and O–H groups in total. The van der Waals surface area contributed by atoms with Crippen molar-refractivity contribution in [2.24, 2.45) is 0 Å². The van der Waals surface area contributed by atoms with Crippen molar-refractivity contribution in [2.45, 2.75) is 38.2 Å². The second-order valence-electron chi connectivity index (χ2n) is 3.84. The molecule has 0 aromatic heterocycles. The van der Waals surface area contributed by atoms with Crippen LogP contribution in [-0.2, 0) is 4.08 Å². The van der Waals surface area contributed by atoms with Crippen LogP contribution in [0, 0.1) is 6.92 Å². The first kappa shape index (κ1) is 14.0. The van der Waals surface area contributed by atoms with E-state index in [0.717, 1.165) is 0 Å². The predicted molar refractivity (Wildman–Crippen MR) is 79.4 cm³/mol. The van der Waals surface area contributed by atoms with Crippen LogP contribution in [0.5, 0.6) is 0 Å². The molecule has 0 spiro atoms. The minimum atomic E-state index is 0.261. The number of rotatable bonds is 6. The van der Waals surface area contributed by atoms with E-state index in [4.69, 9.17) is 0 Å². The van der Waals surface area contributed by atoms with Gasteiger partial charge < -0.3 is 0 Å². The van der Waals surface area contributed by atoms with Gasteiger partial charge in [-0.1, -0.05) is 50.6 Å². The van der Waals surface area contributed by atoms with Crippen LogP contribution in [0.1, 0.15) is 38.3 Å². The van der Waals surface area contributed by atoms with Crippen molar-refractivity contribution >= 4 is 23.5 Å². The molecule has 0 nitrogen and oxygen atoms in total. The Morgan fingerprint density at radius 3 is 1.81 bits per heavy atom. The Balaban J connectivity index is 3.02. The first-order valence-corrected chi connectivity index (χ1v) is 8.00. The summed E-state index contributed by atoms with van der Waals surface area (Å²) < 4.78 is 0.261. The fourth-order valence-electron chi connectivity index (χ4n) is 1.89. The first-order chi connectivity index (χ1) is 7.68. The van der Waals surface area contributed by atoms with Gasteiger partial charge in [-0.05, 0) is 30.4 Å². The minimum absolute atomic E-state index is 0.261. The van der Waals surface area contributed by atoms with Gasteiger partial charge in [0, 0.05) is 0 Å². The minimum Gasteiger partial charge on any atom is -0.140 e. The van der Waals surface area contributed by atoms with E-state index in [0.29, 0.717) is 0 Å². The molecule has 0 fully saturated rings. The molecule has 0 heterocycles. The van der Waals surface area contributed by atoms with Crippen LogP contribution < -0.4 is 0 Å². The zero-order chi connectivity index (χ0) is 12.0. The van der Waals surface area contributed by atoms with Crippen LogP contribution in [-0.4, -0.2) is 11.5 Å². The first-order valence-electron chi connectivity index (χ1n) is 6.03. The molecule has 0 aliphatic heterocycles. The zero-order valence-corrected chi connectivity index (χ0v) is 12.4. The number of benzene rings is 1. The molecule has 2 heteroatoms. The van der Waals surface area contributed by atoms with Crippen molar-refractivity contribution in [3.63, 3.8) is 0 Å². The van der Waals surface area contributed by atoms with Crippen LogP contribution in [0.2, 0.25) is 0 Å². The molecule has 0 unspecified atom stereocenters. The van der Waals surface area contributed by atoms with Gasteiger partial charge in [0.25, 0.3) is 0 Å². The van der Waals surface area contributed by atoms with E-state index >= 15 is 0 Å². The lowest BCUT2D eigenvalue weighted by Crippen LogP contribution is -2.17. The quantitative estimate of drug-likeness (QED) is 0.650. The third kappa shape index (κ3) is 3.21. The highest BCUT2D eigenvalue weighted by Gasteiger charge is 2.29. The monoisotopic (exact) mass is 254 g/mol. The van der Waals surface area contributed by atoms with Crippen molar-refractivity contribution in [1.29, 1.82) is 0 Å². The van der Waals surface area contributed by atoms with E-state index in [1.807, 2.05) is 0 Å². The Hall–Kier alpha value is -0.0800. The Labute approximate surface area is 109 Å². The fourth-order valence-corrected chi connectivity index (χ4v) is 4.88. The van der Waals surface area contributed by atoms with Gasteiger partial charge in [0.1, 0.15) is 0 Å². The summed E-state index contributed by atoms with van der Waals surface area (Å²) in [6.45, 7) is 8.95. The molecule has 0 aliphatic carbocycles. The molecule has 0 amide bonds. The average Bonchev–Trinajstić information content (AvgIpc) is 2.29. The molecular weight excluding hydrogens is 232 g/mol. The molecule has 90 valence electrons. The molecule has 0 bridgehead atoms. The number of thioether (sulfide) groups is 2. The summed E-state index contributed by atoms with van der Waals surface area (Å²) in [5.74, 6) is 2.35. The van der Waals surface area contributed by atoms with Gasteiger partial charge >= 0.3 is 0 Å². The number of hydrogen-bond acceptors (Lipinski definition) is 2. The van der Waals surface area contributed by atoms with E-state index in [1.165, 1.54) is 29.1 Å². The van der Waals surface area contributed by atoms with Crippen LogP contribution >= 0.6 is 23.5 Å². The molecule has 0 radical (unpaired) electrons. The smallest absolute Gasteiger partial charge is 0.0857 e. The summed E-state index contributed by atoms with van der Waals surface area (Å²) in [4.78, 5) is 0. The van der Waals surface area contributed by atoms with Gasteiger partial charge in [0.15, 0.2) is 0 Å². The summed E-state index contributed by atoms with van der Waals surface area (Å²) in [6, 6.07) is 9.05. The Morgan fingerprint density at radius 2 is 1.44 bits per heavy atom. The highest BCUT2D eigenvalue weighted by Crippen LogP contribution is 2.49. The molecule has 0 atom stereocenters. The molecule has 0 aliphatic rings. The van der Waals surface area contributed by atoms with E-state index < -0.39 is 0 Å². The molecule has 1 rings (SSSR count). The summed E-state index contributed by atoms with van der Waals surface area (Å²) >= 11 is 4.14. The zero-order valence-electron chi connectivity index (χ0n) is 10.7. The molecule has 0 saturated heterocycles. The maximum Gasteiger partial charge on any atom is 0.0857 e. The topological polar surface area (TPSA) is 0 Å². The Kier molecular flexibility index (Phi) is 5.77. The Bertz CT molecular complexity index is 297. The molecular formula is C14H22S2.